The number of nitrogens with two attached hydrogens (primary N) is 1. The summed E-state index contributed by atoms with van der Waals surface area (Å²) in [6, 6.07) is 0. The molecular weight excluding hydrogens is 192 g/mol. The Bertz CT molecular complexity index is 173. The second kappa shape index (κ2) is 6.25. The van der Waals surface area contributed by atoms with E-state index in [1.807, 2.05) is 13.2 Å². The van der Waals surface area contributed by atoms with Crippen LogP contribution in [0.15, 0.2) is 0 Å². The predicted molar refractivity (Wildman–Crippen MR) is 57.4 cm³/mol. The molecule has 0 spiro atoms. The predicted octanol–water partition coefficient (Wildman–Crippen LogP) is 0.484. The lowest BCUT2D eigenvalue weighted by Crippen LogP contribution is -2.38. The summed E-state index contributed by atoms with van der Waals surface area (Å²) in [5.41, 5.74) is 5.33. The Balaban J connectivity index is 3.96. The summed E-state index contributed by atoms with van der Waals surface area (Å²) in [4.78, 5) is 13.3. The van der Waals surface area contributed by atoms with Crippen molar-refractivity contribution in [1.82, 2.24) is 4.90 Å². The number of amides is 1. The zero-order valence-corrected chi connectivity index (χ0v) is 9.00. The first-order chi connectivity index (χ1) is 5.61. The van der Waals surface area contributed by atoms with E-state index in [1.54, 1.807) is 4.90 Å². The average molecular weight is 206 g/mol. The number of carbonyl (C=O) groups is 1. The molecule has 1 amide bonds. The number of carbonyl (C=O) groups excluding carboxylic acids is 1. The molecule has 0 aromatic carbocycles. The largest absolute Gasteiger partial charge is 0.392 e. The van der Waals surface area contributed by atoms with Gasteiger partial charge < -0.3 is 10.6 Å². The van der Waals surface area contributed by atoms with Crippen LogP contribution in [0.2, 0.25) is 0 Å². The van der Waals surface area contributed by atoms with E-state index in [1.165, 1.54) is 11.8 Å². The van der Waals surface area contributed by atoms with Gasteiger partial charge in [-0.2, -0.15) is 11.8 Å². The van der Waals surface area contributed by atoms with Gasteiger partial charge in [-0.05, 0) is 13.2 Å². The molecule has 0 atom stereocenters. The molecule has 0 saturated heterocycles. The van der Waals surface area contributed by atoms with Crippen molar-refractivity contribution in [3.05, 3.63) is 0 Å². The van der Waals surface area contributed by atoms with Crippen LogP contribution in [0.3, 0.4) is 0 Å². The summed E-state index contributed by atoms with van der Waals surface area (Å²) >= 11 is 6.22. The van der Waals surface area contributed by atoms with Crippen LogP contribution in [0.4, 0.5) is 0 Å². The van der Waals surface area contributed by atoms with Crippen LogP contribution in [0.25, 0.3) is 0 Å². The molecule has 0 fully saturated rings. The van der Waals surface area contributed by atoms with E-state index in [9.17, 15) is 4.79 Å². The maximum Gasteiger partial charge on any atom is 0.232 e. The van der Waals surface area contributed by atoms with Gasteiger partial charge in [0.05, 0.1) is 17.3 Å². The van der Waals surface area contributed by atoms with Crippen molar-refractivity contribution in [3.63, 3.8) is 0 Å². The van der Waals surface area contributed by atoms with E-state index in [0.29, 0.717) is 23.8 Å². The summed E-state index contributed by atoms with van der Waals surface area (Å²) in [5, 5.41) is 0. The van der Waals surface area contributed by atoms with Gasteiger partial charge in [0.2, 0.25) is 5.91 Å². The molecule has 5 heteroatoms. The van der Waals surface area contributed by atoms with Crippen molar-refractivity contribution in [1.29, 1.82) is 0 Å². The standard InChI is InChI=1S/C7H14N2OS2/c1-3-9(4-6(8)11)7(10)5-12-2/h3-5H2,1-2H3,(H2,8,11). The third kappa shape index (κ3) is 4.56. The lowest BCUT2D eigenvalue weighted by atomic mass is 10.4. The molecule has 0 aliphatic heterocycles. The minimum atomic E-state index is 0.0952. The zero-order chi connectivity index (χ0) is 9.56. The van der Waals surface area contributed by atoms with Crippen LogP contribution < -0.4 is 5.73 Å². The van der Waals surface area contributed by atoms with Gasteiger partial charge in [0.1, 0.15) is 0 Å². The Labute approximate surface area is 82.7 Å². The van der Waals surface area contributed by atoms with Gasteiger partial charge in [0.25, 0.3) is 0 Å². The molecule has 0 aliphatic carbocycles. The average Bonchev–Trinajstić information content (AvgIpc) is 2.00. The van der Waals surface area contributed by atoms with Crippen LogP contribution in [-0.2, 0) is 4.79 Å². The quantitative estimate of drug-likeness (QED) is 0.665. The van der Waals surface area contributed by atoms with Crippen LogP contribution in [0.5, 0.6) is 0 Å². The second-order valence-electron chi connectivity index (χ2n) is 2.31. The van der Waals surface area contributed by atoms with Crippen LogP contribution >= 0.6 is 24.0 Å². The second-order valence-corrected chi connectivity index (χ2v) is 3.70. The zero-order valence-electron chi connectivity index (χ0n) is 7.37. The Morgan fingerprint density at radius 2 is 2.25 bits per heavy atom. The van der Waals surface area contributed by atoms with Crippen LogP contribution in [0.1, 0.15) is 6.92 Å². The summed E-state index contributed by atoms with van der Waals surface area (Å²) < 4.78 is 0. The van der Waals surface area contributed by atoms with Crippen molar-refractivity contribution in [2.24, 2.45) is 5.73 Å². The molecule has 0 heterocycles. The molecule has 2 N–H and O–H groups in total. The van der Waals surface area contributed by atoms with Crippen molar-refractivity contribution in [2.75, 3.05) is 25.1 Å². The highest BCUT2D eigenvalue weighted by atomic mass is 32.2. The lowest BCUT2D eigenvalue weighted by molar-refractivity contribution is -0.127. The van der Waals surface area contributed by atoms with Gasteiger partial charge in [-0.1, -0.05) is 12.2 Å². The molecule has 12 heavy (non-hydrogen) atoms. The maximum absolute atomic E-state index is 11.3. The summed E-state index contributed by atoms with van der Waals surface area (Å²) in [7, 11) is 0. The SMILES string of the molecule is CCN(CC(N)=S)C(=O)CSC. The fraction of sp³-hybridized carbons (Fsp3) is 0.714. The molecule has 0 aromatic heterocycles. The summed E-state index contributed by atoms with van der Waals surface area (Å²) in [6.45, 7) is 2.97. The van der Waals surface area contributed by atoms with Crippen molar-refractivity contribution < 1.29 is 4.79 Å². The Morgan fingerprint density at radius 3 is 2.58 bits per heavy atom. The molecular formula is C7H14N2OS2. The fourth-order valence-electron chi connectivity index (χ4n) is 0.779. The highest BCUT2D eigenvalue weighted by Gasteiger charge is 2.10. The fourth-order valence-corrected chi connectivity index (χ4v) is 1.36. The molecule has 0 saturated carbocycles. The summed E-state index contributed by atoms with van der Waals surface area (Å²) in [6.07, 6.45) is 1.90. The number of nitrogens with zero attached hydrogens (tertiary/aromatic N) is 1. The molecule has 70 valence electrons. The molecule has 0 bridgehead atoms. The molecule has 0 unspecified atom stereocenters. The third-order valence-corrected chi connectivity index (χ3v) is 2.01. The molecule has 0 radical (unpaired) electrons. The van der Waals surface area contributed by atoms with E-state index < -0.39 is 0 Å². The van der Waals surface area contributed by atoms with Crippen molar-refractivity contribution in [2.45, 2.75) is 6.92 Å². The first-order valence-electron chi connectivity index (χ1n) is 3.66. The van der Waals surface area contributed by atoms with Gasteiger partial charge in [0, 0.05) is 6.54 Å². The Morgan fingerprint density at radius 1 is 1.67 bits per heavy atom. The van der Waals surface area contributed by atoms with E-state index in [-0.39, 0.29) is 5.91 Å². The number of hydrogen-bond donors (Lipinski definition) is 1. The van der Waals surface area contributed by atoms with Crippen LogP contribution in [0, 0.1) is 0 Å². The highest BCUT2D eigenvalue weighted by molar-refractivity contribution is 7.99. The minimum Gasteiger partial charge on any atom is -0.392 e. The number of rotatable bonds is 5. The highest BCUT2D eigenvalue weighted by Crippen LogP contribution is 1.97. The van der Waals surface area contributed by atoms with Gasteiger partial charge in [0.15, 0.2) is 0 Å². The summed E-state index contributed by atoms with van der Waals surface area (Å²) in [5.74, 6) is 0.592. The van der Waals surface area contributed by atoms with Gasteiger partial charge in [-0.25, -0.2) is 0 Å². The minimum absolute atomic E-state index is 0.0952. The van der Waals surface area contributed by atoms with Crippen molar-refractivity contribution in [3.8, 4) is 0 Å². The number of likely N-dealkylation sites (N-methyl/N-ethyl adjacent to an activating group) is 1. The first kappa shape index (κ1) is 11.7. The topological polar surface area (TPSA) is 46.3 Å². The van der Waals surface area contributed by atoms with E-state index in [2.05, 4.69) is 0 Å². The normalized spacial score (nSPS) is 9.50. The molecule has 0 aromatic rings. The van der Waals surface area contributed by atoms with Crippen LogP contribution in [-0.4, -0.2) is 40.9 Å². The number of thioether (sulfide) groups is 1. The molecule has 0 aliphatic rings. The molecule has 3 nitrogen and oxygen atoms in total. The lowest BCUT2D eigenvalue weighted by Gasteiger charge is -2.19. The van der Waals surface area contributed by atoms with E-state index in [4.69, 9.17) is 18.0 Å². The van der Waals surface area contributed by atoms with Crippen molar-refractivity contribution >= 4 is 34.9 Å². The number of hydrogen-bond acceptors (Lipinski definition) is 3. The third-order valence-electron chi connectivity index (χ3n) is 1.35. The monoisotopic (exact) mass is 206 g/mol. The first-order valence-corrected chi connectivity index (χ1v) is 5.47. The number of thiocarbonyl (C=S) groups is 1. The maximum atomic E-state index is 11.3. The smallest absolute Gasteiger partial charge is 0.232 e. The van der Waals surface area contributed by atoms with E-state index in [0.717, 1.165) is 0 Å². The van der Waals surface area contributed by atoms with Gasteiger partial charge in [-0.3, -0.25) is 4.79 Å². The molecule has 0 rings (SSSR count). The Hall–Kier alpha value is -0.290. The van der Waals surface area contributed by atoms with Gasteiger partial charge in [-0.15, -0.1) is 0 Å². The van der Waals surface area contributed by atoms with Gasteiger partial charge >= 0.3 is 0 Å². The Kier molecular flexibility index (Phi) is 6.10. The van der Waals surface area contributed by atoms with E-state index >= 15 is 0 Å².